The molecule has 2 rings (SSSR count). The predicted octanol–water partition coefficient (Wildman–Crippen LogP) is 2.66. The molecule has 0 aliphatic carbocycles. The highest BCUT2D eigenvalue weighted by Gasteiger charge is 2.17. The average molecular weight is 317 g/mol. The Labute approximate surface area is 138 Å². The molecule has 1 aliphatic rings. The van der Waals surface area contributed by atoms with Gasteiger partial charge in [0, 0.05) is 25.9 Å². The molecule has 126 valence electrons. The molecule has 5 nitrogen and oxygen atoms in total. The normalized spacial score (nSPS) is 19.2. The first-order valence-corrected chi connectivity index (χ1v) is 7.96. The fourth-order valence-electron chi connectivity index (χ4n) is 2.59. The topological polar surface area (TPSA) is 70.8 Å². The second-order valence-corrected chi connectivity index (χ2v) is 6.02. The number of benzene rings is 1. The maximum Gasteiger partial charge on any atom is 0.148 e. The molecule has 0 saturated carbocycles. The minimum atomic E-state index is -0.559. The van der Waals surface area contributed by atoms with Crippen LogP contribution >= 0.6 is 0 Å². The van der Waals surface area contributed by atoms with Gasteiger partial charge in [-0.05, 0) is 55.7 Å². The van der Waals surface area contributed by atoms with Crippen molar-refractivity contribution >= 4 is 16.9 Å². The van der Waals surface area contributed by atoms with Gasteiger partial charge in [0.05, 0.1) is 18.0 Å². The zero-order valence-electron chi connectivity index (χ0n) is 14.3. The van der Waals surface area contributed by atoms with E-state index in [0.29, 0.717) is 18.9 Å². The number of hydrogen-bond acceptors (Lipinski definition) is 5. The molecule has 1 unspecified atom stereocenters. The first kappa shape index (κ1) is 17.4. The summed E-state index contributed by atoms with van der Waals surface area (Å²) >= 11 is 0. The summed E-state index contributed by atoms with van der Waals surface area (Å²) < 4.78 is 5.44. The van der Waals surface area contributed by atoms with Crippen LogP contribution in [0.15, 0.2) is 36.0 Å². The van der Waals surface area contributed by atoms with Crippen LogP contribution in [-0.4, -0.2) is 42.5 Å². The number of allylic oxidation sites excluding steroid dienone is 2. The molecule has 5 heteroatoms. The van der Waals surface area contributed by atoms with Crippen molar-refractivity contribution in [3.8, 4) is 0 Å². The monoisotopic (exact) mass is 317 g/mol. The van der Waals surface area contributed by atoms with Crippen LogP contribution in [0.1, 0.15) is 26.3 Å². The van der Waals surface area contributed by atoms with E-state index in [1.54, 1.807) is 4.90 Å². The van der Waals surface area contributed by atoms with Crippen molar-refractivity contribution in [2.75, 3.05) is 31.3 Å². The largest absolute Gasteiger partial charge is 0.397 e. The first-order chi connectivity index (χ1) is 10.9. The van der Waals surface area contributed by atoms with E-state index in [4.69, 9.17) is 10.5 Å². The number of hydrogen-bond donors (Lipinski definition) is 3. The highest BCUT2D eigenvalue weighted by Crippen LogP contribution is 2.29. The van der Waals surface area contributed by atoms with E-state index in [-0.39, 0.29) is 6.04 Å². The molecule has 0 bridgehead atoms. The van der Waals surface area contributed by atoms with Gasteiger partial charge >= 0.3 is 0 Å². The van der Waals surface area contributed by atoms with Crippen LogP contribution < -0.4 is 11.1 Å². The maximum absolute atomic E-state index is 9.98. The van der Waals surface area contributed by atoms with Gasteiger partial charge in [-0.1, -0.05) is 6.07 Å². The molecule has 1 aromatic carbocycles. The lowest BCUT2D eigenvalue weighted by molar-refractivity contribution is 0.0868. The van der Waals surface area contributed by atoms with E-state index >= 15 is 0 Å². The van der Waals surface area contributed by atoms with Crippen molar-refractivity contribution in [3.63, 3.8) is 0 Å². The molecule has 0 radical (unpaired) electrons. The zero-order chi connectivity index (χ0) is 17.0. The van der Waals surface area contributed by atoms with E-state index in [2.05, 4.69) is 12.2 Å². The molecule has 23 heavy (non-hydrogen) atoms. The second-order valence-electron chi connectivity index (χ2n) is 6.02. The minimum absolute atomic E-state index is 0.176. The summed E-state index contributed by atoms with van der Waals surface area (Å²) in [5.41, 5.74) is 10.7. The number of aliphatic hydroxyl groups is 1. The number of rotatable bonds is 6. The molecule has 0 amide bonds. The molecule has 0 aromatic heterocycles. The Morgan fingerprint density at radius 2 is 2.17 bits per heavy atom. The number of nitrogen functional groups attached to an aromatic ring is 1. The Morgan fingerprint density at radius 3 is 2.83 bits per heavy atom. The highest BCUT2D eigenvalue weighted by atomic mass is 16.5. The van der Waals surface area contributed by atoms with Gasteiger partial charge in [0.25, 0.3) is 0 Å². The first-order valence-electron chi connectivity index (χ1n) is 7.96. The van der Waals surface area contributed by atoms with Crippen LogP contribution in [0.2, 0.25) is 0 Å². The Morgan fingerprint density at radius 1 is 1.43 bits per heavy atom. The smallest absolute Gasteiger partial charge is 0.148 e. The third kappa shape index (κ3) is 4.27. The Kier molecular flexibility index (Phi) is 5.69. The van der Waals surface area contributed by atoms with Crippen molar-refractivity contribution in [3.05, 3.63) is 41.6 Å². The zero-order valence-corrected chi connectivity index (χ0v) is 14.3. The summed E-state index contributed by atoms with van der Waals surface area (Å²) in [5.74, 6) is 0. The van der Waals surface area contributed by atoms with E-state index < -0.39 is 6.23 Å². The van der Waals surface area contributed by atoms with E-state index in [1.807, 2.05) is 51.4 Å². The molecule has 0 spiro atoms. The predicted molar refractivity (Wildman–Crippen MR) is 95.9 cm³/mol. The molecule has 4 N–H and O–H groups in total. The van der Waals surface area contributed by atoms with Gasteiger partial charge in [0.2, 0.25) is 0 Å². The number of aliphatic hydroxyl groups excluding tert-OH is 1. The number of nitrogens with zero attached hydrogens (tertiary/aromatic N) is 1. The number of likely N-dealkylation sites (N-methyl/N-ethyl adjacent to an activating group) is 1. The second kappa shape index (κ2) is 7.53. The summed E-state index contributed by atoms with van der Waals surface area (Å²) in [6, 6.07) is 6.11. The SMILES string of the molecule is CCOC[C@@H](C)Nc1cc(C2=CN(C)C(O)C(C)=C2)ccc1N. The summed E-state index contributed by atoms with van der Waals surface area (Å²) in [7, 11) is 1.86. The summed E-state index contributed by atoms with van der Waals surface area (Å²) in [6.45, 7) is 7.31. The molecule has 0 saturated heterocycles. The average Bonchev–Trinajstić information content (AvgIpc) is 2.52. The van der Waals surface area contributed by atoms with E-state index in [9.17, 15) is 5.11 Å². The quantitative estimate of drug-likeness (QED) is 0.704. The fourth-order valence-corrected chi connectivity index (χ4v) is 2.59. The number of ether oxygens (including phenoxy) is 1. The molecular weight excluding hydrogens is 290 g/mol. The maximum atomic E-state index is 9.98. The van der Waals surface area contributed by atoms with Gasteiger partial charge in [0.15, 0.2) is 0 Å². The molecule has 2 atom stereocenters. The molecule has 1 heterocycles. The number of nitrogens with two attached hydrogens (primary N) is 1. The molecular formula is C18H27N3O2. The van der Waals surface area contributed by atoms with Crippen LogP contribution in [0.5, 0.6) is 0 Å². The third-order valence-electron chi connectivity index (χ3n) is 3.88. The van der Waals surface area contributed by atoms with Gasteiger partial charge in [0.1, 0.15) is 6.23 Å². The van der Waals surface area contributed by atoms with Crippen LogP contribution in [0.3, 0.4) is 0 Å². The van der Waals surface area contributed by atoms with E-state index in [0.717, 1.165) is 22.4 Å². The van der Waals surface area contributed by atoms with E-state index in [1.165, 1.54) is 0 Å². The summed E-state index contributed by atoms with van der Waals surface area (Å²) in [5, 5.41) is 13.4. The number of anilines is 2. The molecule has 1 aromatic rings. The van der Waals surface area contributed by atoms with Crippen molar-refractivity contribution in [1.29, 1.82) is 0 Å². The lowest BCUT2D eigenvalue weighted by atomic mass is 9.99. The summed E-state index contributed by atoms with van der Waals surface area (Å²) in [6.07, 6.45) is 3.39. The fraction of sp³-hybridized carbons (Fsp3) is 0.444. The Bertz CT molecular complexity index is 610. The third-order valence-corrected chi connectivity index (χ3v) is 3.88. The molecule has 0 fully saturated rings. The minimum Gasteiger partial charge on any atom is -0.397 e. The van der Waals surface area contributed by atoms with Crippen molar-refractivity contribution in [1.82, 2.24) is 4.90 Å². The standard InChI is InChI=1S/C18H27N3O2/c1-5-23-11-13(3)20-17-9-14(6-7-16(17)19)15-8-12(2)18(22)21(4)10-15/h6-10,13,18,20,22H,5,11,19H2,1-4H3/t13-,18?/m1/s1. The van der Waals surface area contributed by atoms with Gasteiger partial charge in [-0.15, -0.1) is 0 Å². The van der Waals surface area contributed by atoms with Gasteiger partial charge in [-0.2, -0.15) is 0 Å². The lowest BCUT2D eigenvalue weighted by Gasteiger charge is -2.28. The van der Waals surface area contributed by atoms with Crippen molar-refractivity contribution in [2.24, 2.45) is 0 Å². The van der Waals surface area contributed by atoms with Crippen LogP contribution in [0.4, 0.5) is 11.4 Å². The van der Waals surface area contributed by atoms with Crippen molar-refractivity contribution in [2.45, 2.75) is 33.0 Å². The Hall–Kier alpha value is -1.98. The van der Waals surface area contributed by atoms with Crippen LogP contribution in [0.25, 0.3) is 5.57 Å². The molecule has 1 aliphatic heterocycles. The van der Waals surface area contributed by atoms with Crippen LogP contribution in [-0.2, 0) is 4.74 Å². The van der Waals surface area contributed by atoms with Crippen molar-refractivity contribution < 1.29 is 9.84 Å². The number of nitrogens with one attached hydrogen (secondary N) is 1. The summed E-state index contributed by atoms with van der Waals surface area (Å²) in [4.78, 5) is 1.80. The van der Waals surface area contributed by atoms with Gasteiger partial charge in [-0.3, -0.25) is 0 Å². The lowest BCUT2D eigenvalue weighted by Crippen LogP contribution is -2.30. The van der Waals surface area contributed by atoms with Gasteiger partial charge in [-0.25, -0.2) is 0 Å². The van der Waals surface area contributed by atoms with Crippen LogP contribution in [0, 0.1) is 0 Å². The highest BCUT2D eigenvalue weighted by molar-refractivity contribution is 5.80. The Balaban J connectivity index is 2.22. The van der Waals surface area contributed by atoms with Gasteiger partial charge < -0.3 is 25.8 Å².